The van der Waals surface area contributed by atoms with E-state index in [0.29, 0.717) is 5.92 Å². The van der Waals surface area contributed by atoms with Crippen LogP contribution in [0.3, 0.4) is 0 Å². The van der Waals surface area contributed by atoms with Crippen LogP contribution in [0, 0.1) is 22.7 Å². The molecule has 0 aromatic rings. The third-order valence-electron chi connectivity index (χ3n) is 4.30. The Morgan fingerprint density at radius 2 is 2.41 bits per heavy atom. The molecule has 4 nitrogen and oxygen atoms in total. The third-order valence-corrected chi connectivity index (χ3v) is 4.30. The van der Waals surface area contributed by atoms with Crippen molar-refractivity contribution in [3.8, 4) is 6.07 Å². The van der Waals surface area contributed by atoms with Gasteiger partial charge in [-0.1, -0.05) is 12.8 Å². The lowest BCUT2D eigenvalue weighted by atomic mass is 9.69. The fourth-order valence-electron chi connectivity index (χ4n) is 3.47. The number of carbonyl (C=O) groups is 1. The maximum atomic E-state index is 11.8. The van der Waals surface area contributed by atoms with Gasteiger partial charge in [0.25, 0.3) is 0 Å². The van der Waals surface area contributed by atoms with Gasteiger partial charge in [0.05, 0.1) is 12.7 Å². The first-order chi connectivity index (χ1) is 8.22. The highest BCUT2D eigenvalue weighted by molar-refractivity contribution is 5.78. The number of ether oxygens (including phenoxy) is 1. The van der Waals surface area contributed by atoms with Gasteiger partial charge < -0.3 is 9.64 Å². The number of likely N-dealkylation sites (tertiary alicyclic amines) is 1. The largest absolute Gasteiger partial charge is 0.384 e. The molecule has 0 N–H and O–H groups in total. The highest BCUT2D eigenvalue weighted by Gasteiger charge is 2.48. The van der Waals surface area contributed by atoms with E-state index in [1.54, 1.807) is 7.11 Å². The highest BCUT2D eigenvalue weighted by atomic mass is 16.5. The molecule has 17 heavy (non-hydrogen) atoms. The number of amides is 1. The lowest BCUT2D eigenvalue weighted by Gasteiger charge is -2.37. The Bertz CT molecular complexity index is 333. The van der Waals surface area contributed by atoms with Crippen LogP contribution < -0.4 is 0 Å². The van der Waals surface area contributed by atoms with E-state index < -0.39 is 0 Å². The normalized spacial score (nSPS) is 32.0. The van der Waals surface area contributed by atoms with E-state index in [1.807, 2.05) is 11.0 Å². The van der Waals surface area contributed by atoms with Crippen molar-refractivity contribution in [2.75, 3.05) is 26.8 Å². The molecule has 1 amide bonds. The van der Waals surface area contributed by atoms with Crippen molar-refractivity contribution in [2.24, 2.45) is 11.3 Å². The Kier molecular flexibility index (Phi) is 3.68. The van der Waals surface area contributed by atoms with Crippen molar-refractivity contribution in [1.82, 2.24) is 4.90 Å². The van der Waals surface area contributed by atoms with Gasteiger partial charge in [-0.05, 0) is 18.8 Å². The Morgan fingerprint density at radius 3 is 3.12 bits per heavy atom. The van der Waals surface area contributed by atoms with Crippen LogP contribution in [-0.4, -0.2) is 37.6 Å². The minimum Gasteiger partial charge on any atom is -0.384 e. The molecule has 2 fully saturated rings. The summed E-state index contributed by atoms with van der Waals surface area (Å²) in [5.41, 5.74) is 0.165. The van der Waals surface area contributed by atoms with Crippen molar-refractivity contribution in [3.63, 3.8) is 0 Å². The summed E-state index contributed by atoms with van der Waals surface area (Å²) in [5, 5.41) is 8.60. The standard InChI is InChI=1S/C13H20N2O2/c1-17-10-13-6-3-2-4-11(13)8-15(9-13)12(16)5-7-14/h11H,2-6,8-10H2,1H3/t11-,13+/m1/s1. The highest BCUT2D eigenvalue weighted by Crippen LogP contribution is 2.46. The van der Waals surface area contributed by atoms with Gasteiger partial charge in [0.1, 0.15) is 6.42 Å². The molecule has 2 rings (SSSR count). The molecule has 0 aromatic carbocycles. The van der Waals surface area contributed by atoms with E-state index in [1.165, 1.54) is 19.3 Å². The second-order valence-corrected chi connectivity index (χ2v) is 5.35. The number of fused-ring (bicyclic) bond motifs is 1. The van der Waals surface area contributed by atoms with Crippen molar-refractivity contribution in [1.29, 1.82) is 5.26 Å². The summed E-state index contributed by atoms with van der Waals surface area (Å²) in [6.45, 7) is 2.35. The van der Waals surface area contributed by atoms with Gasteiger partial charge in [-0.15, -0.1) is 0 Å². The smallest absolute Gasteiger partial charge is 0.236 e. The first kappa shape index (κ1) is 12.4. The Labute approximate surface area is 103 Å². The monoisotopic (exact) mass is 236 g/mol. The second kappa shape index (κ2) is 5.05. The number of hydrogen-bond donors (Lipinski definition) is 0. The van der Waals surface area contributed by atoms with Gasteiger partial charge >= 0.3 is 0 Å². The van der Waals surface area contributed by atoms with Crippen molar-refractivity contribution >= 4 is 5.91 Å². The van der Waals surface area contributed by atoms with Crippen LogP contribution in [0.5, 0.6) is 0 Å². The average Bonchev–Trinajstić information content (AvgIpc) is 2.69. The number of nitriles is 1. The Hall–Kier alpha value is -1.08. The van der Waals surface area contributed by atoms with E-state index in [4.69, 9.17) is 10.00 Å². The van der Waals surface area contributed by atoms with Gasteiger partial charge in [-0.3, -0.25) is 4.79 Å². The molecular weight excluding hydrogens is 216 g/mol. The molecule has 1 heterocycles. The van der Waals surface area contributed by atoms with Crippen molar-refractivity contribution < 1.29 is 9.53 Å². The van der Waals surface area contributed by atoms with Crippen LogP contribution >= 0.6 is 0 Å². The van der Waals surface area contributed by atoms with Crippen molar-refractivity contribution in [3.05, 3.63) is 0 Å². The molecule has 0 aromatic heterocycles. The fraction of sp³-hybridized carbons (Fsp3) is 0.846. The minimum atomic E-state index is -0.0163. The van der Waals surface area contributed by atoms with Crippen LogP contribution in [0.15, 0.2) is 0 Å². The van der Waals surface area contributed by atoms with Crippen LogP contribution in [0.1, 0.15) is 32.1 Å². The Morgan fingerprint density at radius 1 is 1.59 bits per heavy atom. The molecule has 2 aliphatic rings. The summed E-state index contributed by atoms with van der Waals surface area (Å²) in [6.07, 6.45) is 4.86. The predicted octanol–water partition coefficient (Wildman–Crippen LogP) is 1.57. The maximum Gasteiger partial charge on any atom is 0.236 e. The Balaban J connectivity index is 2.08. The molecule has 4 heteroatoms. The molecule has 2 atom stereocenters. The molecule has 1 saturated heterocycles. The second-order valence-electron chi connectivity index (χ2n) is 5.35. The zero-order valence-corrected chi connectivity index (χ0v) is 10.4. The quantitative estimate of drug-likeness (QED) is 0.747. The molecule has 0 spiro atoms. The van der Waals surface area contributed by atoms with Crippen molar-refractivity contribution in [2.45, 2.75) is 32.1 Å². The van der Waals surface area contributed by atoms with E-state index in [9.17, 15) is 4.79 Å². The van der Waals surface area contributed by atoms with E-state index in [-0.39, 0.29) is 17.7 Å². The first-order valence-corrected chi connectivity index (χ1v) is 6.35. The summed E-state index contributed by atoms with van der Waals surface area (Å²) >= 11 is 0. The van der Waals surface area contributed by atoms with Gasteiger partial charge in [0.15, 0.2) is 0 Å². The predicted molar refractivity (Wildman–Crippen MR) is 63.1 cm³/mol. The van der Waals surface area contributed by atoms with E-state index in [0.717, 1.165) is 26.1 Å². The van der Waals surface area contributed by atoms with Gasteiger partial charge in [-0.2, -0.15) is 5.26 Å². The summed E-state index contributed by atoms with van der Waals surface area (Å²) in [5.74, 6) is 0.552. The van der Waals surface area contributed by atoms with Crippen LogP contribution in [-0.2, 0) is 9.53 Å². The number of hydrogen-bond acceptors (Lipinski definition) is 3. The molecule has 94 valence electrons. The molecular formula is C13H20N2O2. The lowest BCUT2D eigenvalue weighted by molar-refractivity contribution is -0.129. The maximum absolute atomic E-state index is 11.8. The van der Waals surface area contributed by atoms with Crippen LogP contribution in [0.2, 0.25) is 0 Å². The average molecular weight is 236 g/mol. The minimum absolute atomic E-state index is 0.00970. The van der Waals surface area contributed by atoms with E-state index in [2.05, 4.69) is 0 Å². The lowest BCUT2D eigenvalue weighted by Crippen LogP contribution is -2.38. The zero-order chi connectivity index (χ0) is 12.3. The van der Waals surface area contributed by atoms with Gasteiger partial charge in [0.2, 0.25) is 5.91 Å². The summed E-state index contributed by atoms with van der Waals surface area (Å²) in [4.78, 5) is 13.7. The zero-order valence-electron chi connectivity index (χ0n) is 10.4. The molecule has 0 unspecified atom stereocenters. The number of carbonyl (C=O) groups excluding carboxylic acids is 1. The molecule has 0 bridgehead atoms. The number of methoxy groups -OCH3 is 1. The van der Waals surface area contributed by atoms with Crippen LogP contribution in [0.25, 0.3) is 0 Å². The molecule has 1 saturated carbocycles. The number of rotatable bonds is 3. The van der Waals surface area contributed by atoms with Crippen LogP contribution in [0.4, 0.5) is 0 Å². The molecule has 1 aliphatic heterocycles. The van der Waals surface area contributed by atoms with Gasteiger partial charge in [-0.25, -0.2) is 0 Å². The SMILES string of the molecule is COC[C@@]12CCCC[C@@H]1CN(C(=O)CC#N)C2. The topological polar surface area (TPSA) is 53.3 Å². The van der Waals surface area contributed by atoms with E-state index >= 15 is 0 Å². The molecule has 0 radical (unpaired) electrons. The molecule has 1 aliphatic carbocycles. The number of nitrogens with zero attached hydrogens (tertiary/aromatic N) is 2. The van der Waals surface area contributed by atoms with Gasteiger partial charge in [0, 0.05) is 25.6 Å². The summed E-state index contributed by atoms with van der Waals surface area (Å²) < 4.78 is 5.37. The summed E-state index contributed by atoms with van der Waals surface area (Å²) in [7, 11) is 1.74. The first-order valence-electron chi connectivity index (χ1n) is 6.35. The third kappa shape index (κ3) is 2.30. The summed E-state index contributed by atoms with van der Waals surface area (Å²) in [6, 6.07) is 1.95. The fourth-order valence-corrected chi connectivity index (χ4v) is 3.47.